The highest BCUT2D eigenvalue weighted by Crippen LogP contribution is 2.32. The van der Waals surface area contributed by atoms with E-state index >= 15 is 0 Å². The van der Waals surface area contributed by atoms with Gasteiger partial charge in [0.25, 0.3) is 5.91 Å². The van der Waals surface area contributed by atoms with Gasteiger partial charge in [-0.15, -0.1) is 11.3 Å². The van der Waals surface area contributed by atoms with Crippen LogP contribution >= 0.6 is 11.3 Å². The monoisotopic (exact) mass is 339 g/mol. The molecule has 0 atom stereocenters. The molecule has 1 aliphatic rings. The average Bonchev–Trinajstić information content (AvgIpc) is 3.32. The third-order valence-corrected chi connectivity index (χ3v) is 6.18. The lowest BCUT2D eigenvalue weighted by Gasteiger charge is -2.23. The lowest BCUT2D eigenvalue weighted by molar-refractivity contribution is 0.0739. The molecule has 3 aromatic rings. The fourth-order valence-corrected chi connectivity index (χ4v) is 4.57. The summed E-state index contributed by atoms with van der Waals surface area (Å²) >= 11 is 1.51. The SMILES string of the molecule is Cc1nc(-c2ccc3[nH]ccc3c2)sc1C(=O)N(C)C1CCCC1. The first kappa shape index (κ1) is 15.4. The number of aryl methyl sites for hydroxylation is 1. The van der Waals surface area contributed by atoms with E-state index < -0.39 is 0 Å². The van der Waals surface area contributed by atoms with Gasteiger partial charge in [-0.3, -0.25) is 4.79 Å². The van der Waals surface area contributed by atoms with Crippen molar-refractivity contribution in [3.05, 3.63) is 41.0 Å². The number of fused-ring (bicyclic) bond motifs is 1. The van der Waals surface area contributed by atoms with Crippen molar-refractivity contribution in [1.29, 1.82) is 0 Å². The Morgan fingerprint density at radius 3 is 2.88 bits per heavy atom. The molecule has 1 N–H and O–H groups in total. The summed E-state index contributed by atoms with van der Waals surface area (Å²) in [6.45, 7) is 1.94. The fourth-order valence-electron chi connectivity index (χ4n) is 3.52. The van der Waals surface area contributed by atoms with E-state index in [2.05, 4.69) is 34.2 Å². The Balaban J connectivity index is 1.64. The number of aromatic amines is 1. The topological polar surface area (TPSA) is 49.0 Å². The molecule has 0 unspecified atom stereocenters. The molecule has 1 fully saturated rings. The Kier molecular flexibility index (Phi) is 3.88. The van der Waals surface area contributed by atoms with E-state index in [4.69, 9.17) is 0 Å². The number of carbonyl (C=O) groups is 1. The minimum atomic E-state index is 0.117. The molecule has 1 amide bonds. The van der Waals surface area contributed by atoms with Crippen LogP contribution in [-0.4, -0.2) is 33.9 Å². The number of hydrogen-bond acceptors (Lipinski definition) is 3. The summed E-state index contributed by atoms with van der Waals surface area (Å²) in [5.41, 5.74) is 3.01. The second-order valence-electron chi connectivity index (χ2n) is 6.57. The van der Waals surface area contributed by atoms with Crippen LogP contribution in [0.1, 0.15) is 41.0 Å². The van der Waals surface area contributed by atoms with Crippen molar-refractivity contribution in [3.63, 3.8) is 0 Å². The number of aromatic nitrogens is 2. The first-order valence-electron chi connectivity index (χ1n) is 8.45. The maximum absolute atomic E-state index is 12.9. The van der Waals surface area contributed by atoms with Crippen molar-refractivity contribution in [2.75, 3.05) is 7.05 Å². The first-order valence-corrected chi connectivity index (χ1v) is 9.27. The molecule has 24 heavy (non-hydrogen) atoms. The molecule has 4 rings (SSSR count). The predicted octanol–water partition coefficient (Wildman–Crippen LogP) is 4.61. The second kappa shape index (κ2) is 6.06. The van der Waals surface area contributed by atoms with Crippen molar-refractivity contribution < 1.29 is 4.79 Å². The van der Waals surface area contributed by atoms with Gasteiger partial charge < -0.3 is 9.88 Å². The van der Waals surface area contributed by atoms with Gasteiger partial charge in [0.2, 0.25) is 0 Å². The maximum atomic E-state index is 12.9. The van der Waals surface area contributed by atoms with Crippen LogP contribution in [0.5, 0.6) is 0 Å². The van der Waals surface area contributed by atoms with E-state index in [9.17, 15) is 4.79 Å². The van der Waals surface area contributed by atoms with Crippen LogP contribution in [-0.2, 0) is 0 Å². The zero-order valence-corrected chi connectivity index (χ0v) is 14.8. The van der Waals surface area contributed by atoms with E-state index in [0.29, 0.717) is 6.04 Å². The molecule has 4 nitrogen and oxygen atoms in total. The second-order valence-corrected chi connectivity index (χ2v) is 7.57. The molecule has 0 bridgehead atoms. The lowest BCUT2D eigenvalue weighted by Crippen LogP contribution is -2.35. The summed E-state index contributed by atoms with van der Waals surface area (Å²) in [7, 11) is 1.93. The van der Waals surface area contributed by atoms with Gasteiger partial charge in [0, 0.05) is 35.8 Å². The van der Waals surface area contributed by atoms with E-state index in [1.165, 1.54) is 24.2 Å². The molecule has 1 aromatic carbocycles. The van der Waals surface area contributed by atoms with Crippen LogP contribution in [0.3, 0.4) is 0 Å². The Morgan fingerprint density at radius 2 is 2.08 bits per heavy atom. The third kappa shape index (κ3) is 2.63. The van der Waals surface area contributed by atoms with Crippen molar-refractivity contribution >= 4 is 28.1 Å². The van der Waals surface area contributed by atoms with Crippen molar-refractivity contribution in [1.82, 2.24) is 14.9 Å². The number of nitrogens with one attached hydrogen (secondary N) is 1. The summed E-state index contributed by atoms with van der Waals surface area (Å²) in [6.07, 6.45) is 6.64. The molecular weight excluding hydrogens is 318 g/mol. The van der Waals surface area contributed by atoms with E-state index in [1.807, 2.05) is 25.1 Å². The third-order valence-electron chi connectivity index (χ3n) is 4.98. The van der Waals surface area contributed by atoms with Gasteiger partial charge >= 0.3 is 0 Å². The average molecular weight is 339 g/mol. The van der Waals surface area contributed by atoms with Gasteiger partial charge in [0.15, 0.2) is 0 Å². The van der Waals surface area contributed by atoms with Crippen LogP contribution < -0.4 is 0 Å². The zero-order chi connectivity index (χ0) is 16.7. The Morgan fingerprint density at radius 1 is 1.29 bits per heavy atom. The van der Waals surface area contributed by atoms with E-state index in [0.717, 1.165) is 44.9 Å². The largest absolute Gasteiger partial charge is 0.361 e. The highest BCUT2D eigenvalue weighted by atomic mass is 32.1. The molecule has 0 radical (unpaired) electrons. The number of carbonyl (C=O) groups excluding carboxylic acids is 1. The highest BCUT2D eigenvalue weighted by molar-refractivity contribution is 7.17. The molecule has 2 heterocycles. The smallest absolute Gasteiger partial charge is 0.265 e. The van der Waals surface area contributed by atoms with Gasteiger partial charge in [0.05, 0.1) is 5.69 Å². The van der Waals surface area contributed by atoms with Crippen LogP contribution in [0.2, 0.25) is 0 Å². The summed E-state index contributed by atoms with van der Waals surface area (Å²) in [6, 6.07) is 8.69. The lowest BCUT2D eigenvalue weighted by atomic mass is 10.2. The van der Waals surface area contributed by atoms with E-state index in [1.54, 1.807) is 0 Å². The molecule has 1 saturated carbocycles. The van der Waals surface area contributed by atoms with E-state index in [-0.39, 0.29) is 5.91 Å². The predicted molar refractivity (Wildman–Crippen MR) is 98.5 cm³/mol. The van der Waals surface area contributed by atoms with Crippen LogP contribution in [0.4, 0.5) is 0 Å². The Bertz CT molecular complexity index is 889. The highest BCUT2D eigenvalue weighted by Gasteiger charge is 2.27. The Labute approximate surface area is 145 Å². The van der Waals surface area contributed by atoms with Gasteiger partial charge in [-0.25, -0.2) is 4.98 Å². The molecule has 0 spiro atoms. The quantitative estimate of drug-likeness (QED) is 0.757. The number of benzene rings is 1. The minimum absolute atomic E-state index is 0.117. The zero-order valence-electron chi connectivity index (χ0n) is 14.0. The van der Waals surface area contributed by atoms with Gasteiger partial charge in [0.1, 0.15) is 9.88 Å². The molecule has 5 heteroatoms. The molecule has 0 saturated heterocycles. The standard InChI is InChI=1S/C19H21N3OS/c1-12-17(19(23)22(2)15-5-3-4-6-15)24-18(21-12)14-7-8-16-13(11-14)9-10-20-16/h7-11,15,20H,3-6H2,1-2H3. The van der Waals surface area contributed by atoms with Crippen LogP contribution in [0.25, 0.3) is 21.5 Å². The number of rotatable bonds is 3. The van der Waals surface area contributed by atoms with Gasteiger partial charge in [-0.2, -0.15) is 0 Å². The van der Waals surface area contributed by atoms with Crippen LogP contribution in [0, 0.1) is 6.92 Å². The summed E-state index contributed by atoms with van der Waals surface area (Å²) in [5, 5.41) is 2.08. The minimum Gasteiger partial charge on any atom is -0.361 e. The number of thiazole rings is 1. The number of hydrogen-bond donors (Lipinski definition) is 1. The van der Waals surface area contributed by atoms with Gasteiger partial charge in [-0.1, -0.05) is 12.8 Å². The molecule has 1 aliphatic carbocycles. The maximum Gasteiger partial charge on any atom is 0.265 e. The fraction of sp³-hybridized carbons (Fsp3) is 0.368. The molecule has 2 aromatic heterocycles. The van der Waals surface area contributed by atoms with Crippen molar-refractivity contribution in [2.24, 2.45) is 0 Å². The molecule has 124 valence electrons. The number of amides is 1. The number of H-pyrrole nitrogens is 1. The normalized spacial score (nSPS) is 15.2. The Hall–Kier alpha value is -2.14. The number of nitrogens with zero attached hydrogens (tertiary/aromatic N) is 2. The summed E-state index contributed by atoms with van der Waals surface area (Å²) < 4.78 is 0. The van der Waals surface area contributed by atoms with Crippen LogP contribution in [0.15, 0.2) is 30.5 Å². The summed E-state index contributed by atoms with van der Waals surface area (Å²) in [4.78, 5) is 23.4. The molecule has 0 aliphatic heterocycles. The molecular formula is C19H21N3OS. The first-order chi connectivity index (χ1) is 11.6. The van der Waals surface area contributed by atoms with Gasteiger partial charge in [-0.05, 0) is 44.0 Å². The van der Waals surface area contributed by atoms with Crippen molar-refractivity contribution in [3.8, 4) is 10.6 Å². The van der Waals surface area contributed by atoms with Crippen molar-refractivity contribution in [2.45, 2.75) is 38.6 Å². The summed E-state index contributed by atoms with van der Waals surface area (Å²) in [5.74, 6) is 0.117.